The summed E-state index contributed by atoms with van der Waals surface area (Å²) in [7, 11) is 3.53. The van der Waals surface area contributed by atoms with Gasteiger partial charge in [-0.25, -0.2) is 4.39 Å². The minimum Gasteiger partial charge on any atom is -0.388 e. The molecule has 1 saturated carbocycles. The summed E-state index contributed by atoms with van der Waals surface area (Å²) in [5.41, 5.74) is 7.26. The molecule has 1 heterocycles. The number of pyridine rings is 1. The molecule has 3 atom stereocenters. The summed E-state index contributed by atoms with van der Waals surface area (Å²) >= 11 is 1.66. The van der Waals surface area contributed by atoms with Gasteiger partial charge in [0.05, 0.1) is 17.2 Å². The molecule has 0 spiro atoms. The molecule has 0 bridgehead atoms. The number of nitrogens with one attached hydrogen (secondary N) is 1. The number of ether oxygens (including phenoxy) is 1. The first-order chi connectivity index (χ1) is 16.0. The molecule has 1 fully saturated rings. The van der Waals surface area contributed by atoms with E-state index in [1.807, 2.05) is 19.2 Å². The highest BCUT2D eigenvalue weighted by Crippen LogP contribution is 2.48. The molecule has 33 heavy (non-hydrogen) atoms. The van der Waals surface area contributed by atoms with Crippen LogP contribution in [-0.2, 0) is 10.3 Å². The van der Waals surface area contributed by atoms with Crippen LogP contribution < -0.4 is 11.1 Å². The fourth-order valence-electron chi connectivity index (χ4n) is 4.04. The number of hydrogen-bond acceptors (Lipinski definition) is 8. The molecule has 9 heteroatoms. The van der Waals surface area contributed by atoms with E-state index in [9.17, 15) is 9.18 Å². The van der Waals surface area contributed by atoms with Crippen LogP contribution in [0, 0.1) is 23.1 Å². The summed E-state index contributed by atoms with van der Waals surface area (Å²) in [6, 6.07) is 10.0. The Labute approximate surface area is 198 Å². The Morgan fingerprint density at radius 3 is 2.79 bits per heavy atom. The molecule has 0 amide bonds. The van der Waals surface area contributed by atoms with Gasteiger partial charge >= 0.3 is 0 Å². The normalized spacial score (nSPS) is 21.8. The molecule has 3 unspecified atom stereocenters. The van der Waals surface area contributed by atoms with E-state index in [-0.39, 0.29) is 17.8 Å². The van der Waals surface area contributed by atoms with Crippen LogP contribution in [0.1, 0.15) is 40.9 Å². The van der Waals surface area contributed by atoms with Gasteiger partial charge < -0.3 is 15.8 Å². The molecule has 0 saturated heterocycles. The number of anilines is 1. The number of nitrogens with two attached hydrogens (primary N) is 1. The zero-order valence-electron chi connectivity index (χ0n) is 19.0. The Hall–Kier alpha value is -2.80. The van der Waals surface area contributed by atoms with Gasteiger partial charge in [-0.1, -0.05) is 0 Å². The molecular formula is C24H30FN5O2S. The lowest BCUT2D eigenvalue weighted by molar-refractivity contribution is 0.0200. The average molecular weight is 472 g/mol. The van der Waals surface area contributed by atoms with E-state index in [4.69, 9.17) is 15.7 Å². The Balaban J connectivity index is 0.000000321. The maximum Gasteiger partial charge on any atom is 0.168 e. The molecule has 1 aliphatic rings. The quantitative estimate of drug-likeness (QED) is 0.340. The highest BCUT2D eigenvalue weighted by atomic mass is 32.2. The number of carbonyl (C=O) groups is 1. The van der Waals surface area contributed by atoms with Crippen molar-refractivity contribution in [2.24, 2.45) is 16.6 Å². The molecule has 3 rings (SSSR count). The summed E-state index contributed by atoms with van der Waals surface area (Å²) < 4.78 is 20.2. The van der Waals surface area contributed by atoms with Crippen molar-refractivity contribution in [1.29, 1.82) is 5.26 Å². The SMILES string of the molecule is C=NC1(c2cc(NC)ccc2F)CC(OC)CCC1CSCN.N#Cc1ccc(C=O)nc1. The van der Waals surface area contributed by atoms with Gasteiger partial charge in [0.15, 0.2) is 6.29 Å². The lowest BCUT2D eigenvalue weighted by Crippen LogP contribution is -2.44. The van der Waals surface area contributed by atoms with Crippen LogP contribution in [0.3, 0.4) is 0 Å². The van der Waals surface area contributed by atoms with Crippen molar-refractivity contribution in [2.45, 2.75) is 30.9 Å². The minimum absolute atomic E-state index is 0.0669. The van der Waals surface area contributed by atoms with Crippen LogP contribution in [0.15, 0.2) is 41.5 Å². The van der Waals surface area contributed by atoms with E-state index in [1.54, 1.807) is 31.0 Å². The van der Waals surface area contributed by atoms with Crippen molar-refractivity contribution in [3.63, 3.8) is 0 Å². The van der Waals surface area contributed by atoms with E-state index in [0.29, 0.717) is 35.4 Å². The maximum atomic E-state index is 14.7. The number of aliphatic imine (C=N–C) groups is 1. The van der Waals surface area contributed by atoms with Crippen molar-refractivity contribution in [3.05, 3.63) is 59.2 Å². The number of aldehydes is 1. The molecule has 3 N–H and O–H groups in total. The number of aromatic nitrogens is 1. The van der Waals surface area contributed by atoms with Crippen molar-refractivity contribution in [1.82, 2.24) is 4.98 Å². The Bertz CT molecular complexity index is 966. The first-order valence-corrected chi connectivity index (χ1v) is 11.7. The highest BCUT2D eigenvalue weighted by Gasteiger charge is 2.46. The van der Waals surface area contributed by atoms with Crippen molar-refractivity contribution < 1.29 is 13.9 Å². The van der Waals surface area contributed by atoms with E-state index in [0.717, 1.165) is 24.3 Å². The number of thioether (sulfide) groups is 1. The number of benzene rings is 1. The lowest BCUT2D eigenvalue weighted by atomic mass is 9.68. The van der Waals surface area contributed by atoms with Gasteiger partial charge in [-0.05, 0) is 55.8 Å². The van der Waals surface area contributed by atoms with E-state index in [2.05, 4.69) is 22.0 Å². The third kappa shape index (κ3) is 6.60. The molecular weight excluding hydrogens is 441 g/mol. The summed E-state index contributed by atoms with van der Waals surface area (Å²) in [5, 5.41) is 11.4. The summed E-state index contributed by atoms with van der Waals surface area (Å²) in [6.07, 6.45) is 4.60. The number of nitriles is 1. The van der Waals surface area contributed by atoms with Gasteiger partial charge in [0, 0.05) is 49.7 Å². The molecule has 0 aliphatic heterocycles. The smallest absolute Gasteiger partial charge is 0.168 e. The van der Waals surface area contributed by atoms with Crippen molar-refractivity contribution in [2.75, 3.05) is 31.1 Å². The maximum absolute atomic E-state index is 14.7. The molecule has 1 aliphatic carbocycles. The first kappa shape index (κ1) is 26.5. The van der Waals surface area contributed by atoms with Crippen molar-refractivity contribution in [3.8, 4) is 6.07 Å². The number of rotatable bonds is 8. The van der Waals surface area contributed by atoms with Gasteiger partial charge in [0.1, 0.15) is 17.6 Å². The van der Waals surface area contributed by atoms with Crippen LogP contribution in [0.2, 0.25) is 0 Å². The Morgan fingerprint density at radius 1 is 1.45 bits per heavy atom. The van der Waals surface area contributed by atoms with Crippen LogP contribution in [0.25, 0.3) is 0 Å². The minimum atomic E-state index is -0.669. The number of methoxy groups -OCH3 is 1. The van der Waals surface area contributed by atoms with Crippen LogP contribution in [-0.4, -0.2) is 49.9 Å². The standard InChI is InChI=1S/C17H26FN3OS.C7H4N2O/c1-20-13-5-7-16(18)15(8-13)17(21-2)9-14(22-3)6-4-12(17)10-23-11-19;8-3-6-1-2-7(5-10)9-4-6/h5,7-8,12,14,20H,2,4,6,9-11,19H2,1,3H3;1-2,4-5H. The van der Waals surface area contributed by atoms with Crippen molar-refractivity contribution >= 4 is 30.5 Å². The zero-order chi connectivity index (χ0) is 24.3. The monoisotopic (exact) mass is 471 g/mol. The van der Waals surface area contributed by atoms with E-state index < -0.39 is 5.54 Å². The fraction of sp³-hybridized carbons (Fsp3) is 0.417. The zero-order valence-corrected chi connectivity index (χ0v) is 19.8. The molecule has 7 nitrogen and oxygen atoms in total. The lowest BCUT2D eigenvalue weighted by Gasteiger charge is -2.44. The summed E-state index contributed by atoms with van der Waals surface area (Å²) in [6.45, 7) is 3.82. The second-order valence-electron chi connectivity index (χ2n) is 7.60. The predicted octanol–water partition coefficient (Wildman–Crippen LogP) is 3.99. The molecule has 176 valence electrons. The van der Waals surface area contributed by atoms with Gasteiger partial charge in [0.2, 0.25) is 0 Å². The number of nitrogens with zero attached hydrogens (tertiary/aromatic N) is 3. The predicted molar refractivity (Wildman–Crippen MR) is 131 cm³/mol. The van der Waals surface area contributed by atoms with E-state index >= 15 is 0 Å². The van der Waals surface area contributed by atoms with Crippen LogP contribution in [0.5, 0.6) is 0 Å². The topological polar surface area (TPSA) is 113 Å². The van der Waals surface area contributed by atoms with Gasteiger partial charge in [-0.15, -0.1) is 11.8 Å². The van der Waals surface area contributed by atoms with Gasteiger partial charge in [0.25, 0.3) is 0 Å². The second-order valence-corrected chi connectivity index (χ2v) is 8.68. The van der Waals surface area contributed by atoms with E-state index in [1.165, 1.54) is 18.3 Å². The molecule has 2 aromatic rings. The largest absolute Gasteiger partial charge is 0.388 e. The summed E-state index contributed by atoms with van der Waals surface area (Å²) in [5.74, 6) is 1.35. The fourth-order valence-corrected chi connectivity index (χ4v) is 4.90. The van der Waals surface area contributed by atoms with Crippen LogP contribution in [0.4, 0.5) is 10.1 Å². The Kier molecular flexibility index (Phi) is 10.5. The van der Waals surface area contributed by atoms with Crippen LogP contribution >= 0.6 is 11.8 Å². The molecule has 1 aromatic heterocycles. The van der Waals surface area contributed by atoms with Gasteiger partial charge in [-0.3, -0.25) is 14.8 Å². The third-order valence-electron chi connectivity index (χ3n) is 5.86. The molecule has 1 aromatic carbocycles. The van der Waals surface area contributed by atoms with Gasteiger partial charge in [-0.2, -0.15) is 5.26 Å². The first-order valence-electron chi connectivity index (χ1n) is 10.6. The summed E-state index contributed by atoms with van der Waals surface area (Å²) in [4.78, 5) is 18.2. The number of carbonyl (C=O) groups excluding carboxylic acids is 1. The Morgan fingerprint density at radius 2 is 2.24 bits per heavy atom. The molecule has 0 radical (unpaired) electrons. The highest BCUT2D eigenvalue weighted by molar-refractivity contribution is 7.99. The second kappa shape index (κ2) is 13.0. The average Bonchev–Trinajstić information content (AvgIpc) is 2.88. The number of hydrogen-bond donors (Lipinski definition) is 2. The number of halogens is 1. The third-order valence-corrected chi connectivity index (χ3v) is 6.74.